The van der Waals surface area contributed by atoms with E-state index in [1.165, 1.54) is 27.6 Å². The molecule has 2 aliphatic rings. The maximum absolute atomic E-state index is 14.0. The molecular weight excluding hydrogens is 580 g/mol. The quantitative estimate of drug-likeness (QED) is 0.217. The van der Waals surface area contributed by atoms with Gasteiger partial charge in [0.1, 0.15) is 6.10 Å². The predicted molar refractivity (Wildman–Crippen MR) is 172 cm³/mol. The van der Waals surface area contributed by atoms with Crippen molar-refractivity contribution in [2.75, 3.05) is 27.2 Å². The number of rotatable bonds is 16. The van der Waals surface area contributed by atoms with E-state index >= 15 is 0 Å². The highest BCUT2D eigenvalue weighted by Gasteiger charge is 2.37. The normalized spacial score (nSPS) is 20.0. The van der Waals surface area contributed by atoms with Crippen molar-refractivity contribution in [3.05, 3.63) is 16.6 Å². The Morgan fingerprint density at radius 2 is 1.70 bits per heavy atom. The van der Waals surface area contributed by atoms with E-state index in [-0.39, 0.29) is 49.6 Å². The zero-order valence-electron chi connectivity index (χ0n) is 27.2. The van der Waals surface area contributed by atoms with Gasteiger partial charge in [0.25, 0.3) is 0 Å². The highest BCUT2D eigenvalue weighted by molar-refractivity contribution is 7.07. The summed E-state index contributed by atoms with van der Waals surface area (Å²) < 4.78 is 0. The summed E-state index contributed by atoms with van der Waals surface area (Å²) in [6.45, 7) is 3.83. The van der Waals surface area contributed by atoms with Crippen LogP contribution in [-0.2, 0) is 20.8 Å². The molecular formula is C33H56N4O6S. The average molecular weight is 637 g/mol. The van der Waals surface area contributed by atoms with Crippen molar-refractivity contribution in [1.82, 2.24) is 20.1 Å². The summed E-state index contributed by atoms with van der Waals surface area (Å²) in [6.07, 6.45) is 8.28. The minimum absolute atomic E-state index is 0.0425. The highest BCUT2D eigenvalue weighted by atomic mass is 32.1. The number of aliphatic hydroxyl groups excluding tert-OH is 2. The molecule has 4 atom stereocenters. The van der Waals surface area contributed by atoms with E-state index in [1.54, 1.807) is 19.6 Å². The number of likely N-dealkylation sites (N-methyl/N-ethyl adjacent to an activating group) is 1. The number of hydrogen-bond donors (Lipinski definition) is 4. The molecule has 2 fully saturated rings. The Bertz CT molecular complexity index is 1020. The third kappa shape index (κ3) is 11.7. The largest absolute Gasteiger partial charge is 0.390 e. The van der Waals surface area contributed by atoms with Gasteiger partial charge in [-0.1, -0.05) is 65.2 Å². The topological polar surface area (TPSA) is 143 Å². The highest BCUT2D eigenvalue weighted by Crippen LogP contribution is 2.31. The van der Waals surface area contributed by atoms with E-state index < -0.39 is 29.8 Å². The summed E-state index contributed by atoms with van der Waals surface area (Å²) in [5.41, 5.74) is 1.31. The summed E-state index contributed by atoms with van der Waals surface area (Å²) in [6, 6.07) is -0.651. The fourth-order valence-corrected chi connectivity index (χ4v) is 7.28. The van der Waals surface area contributed by atoms with Gasteiger partial charge in [0.15, 0.2) is 0 Å². The molecule has 2 saturated carbocycles. The fraction of sp³-hybridized carbons (Fsp3) is 0.818. The fourth-order valence-electron chi connectivity index (χ4n) is 6.71. The van der Waals surface area contributed by atoms with Gasteiger partial charge in [-0.2, -0.15) is 0 Å². The SMILES string of the molecule is CC(C)C[C@H](O)[C@H](O)[C@H](CC1CCCCC1)NC(=O)[C@@H](CC(=O)N(CC(=O)N(C)C)CC1(O)CCCCC1)Cc1cscn1. The van der Waals surface area contributed by atoms with Crippen molar-refractivity contribution in [3.63, 3.8) is 0 Å². The van der Waals surface area contributed by atoms with Crippen molar-refractivity contribution >= 4 is 29.1 Å². The molecule has 1 aromatic rings. The second-order valence-electron chi connectivity index (χ2n) is 14.0. The number of aliphatic hydroxyl groups is 3. The first-order chi connectivity index (χ1) is 20.9. The summed E-state index contributed by atoms with van der Waals surface area (Å²) >= 11 is 1.41. The van der Waals surface area contributed by atoms with Crippen LogP contribution in [0.5, 0.6) is 0 Å². The Morgan fingerprint density at radius 1 is 1.05 bits per heavy atom. The van der Waals surface area contributed by atoms with Crippen LogP contribution in [0, 0.1) is 17.8 Å². The number of carbonyl (C=O) groups is 3. The first-order valence-corrected chi connectivity index (χ1v) is 17.5. The molecule has 0 saturated heterocycles. The van der Waals surface area contributed by atoms with Crippen LogP contribution in [0.1, 0.15) is 103 Å². The second kappa shape index (κ2) is 17.6. The minimum Gasteiger partial charge on any atom is -0.390 e. The van der Waals surface area contributed by atoms with Gasteiger partial charge in [-0.05, 0) is 37.5 Å². The molecule has 11 heteroatoms. The molecule has 0 radical (unpaired) electrons. The van der Waals surface area contributed by atoms with E-state index in [2.05, 4.69) is 10.3 Å². The molecule has 4 N–H and O–H groups in total. The van der Waals surface area contributed by atoms with Gasteiger partial charge in [0.2, 0.25) is 17.7 Å². The molecule has 10 nitrogen and oxygen atoms in total. The van der Waals surface area contributed by atoms with E-state index in [0.717, 1.165) is 44.9 Å². The van der Waals surface area contributed by atoms with Crippen LogP contribution >= 0.6 is 11.3 Å². The predicted octanol–water partition coefficient (Wildman–Crippen LogP) is 3.53. The molecule has 44 heavy (non-hydrogen) atoms. The average Bonchev–Trinajstić information content (AvgIpc) is 3.49. The van der Waals surface area contributed by atoms with Gasteiger partial charge in [-0.15, -0.1) is 11.3 Å². The van der Waals surface area contributed by atoms with Gasteiger partial charge < -0.3 is 30.4 Å². The zero-order chi connectivity index (χ0) is 32.3. The first kappa shape index (κ1) is 36.4. The Labute approximate surface area is 267 Å². The molecule has 0 unspecified atom stereocenters. The number of nitrogens with zero attached hydrogens (tertiary/aromatic N) is 3. The van der Waals surface area contributed by atoms with E-state index in [4.69, 9.17) is 0 Å². The first-order valence-electron chi connectivity index (χ1n) is 16.6. The summed E-state index contributed by atoms with van der Waals surface area (Å²) in [4.78, 5) is 47.8. The number of thiazole rings is 1. The lowest BCUT2D eigenvalue weighted by atomic mass is 9.82. The third-order valence-corrected chi connectivity index (χ3v) is 9.97. The number of nitrogens with one attached hydrogen (secondary N) is 1. The minimum atomic E-state index is -1.13. The maximum Gasteiger partial charge on any atom is 0.241 e. The van der Waals surface area contributed by atoms with Crippen molar-refractivity contribution in [3.8, 4) is 0 Å². The smallest absolute Gasteiger partial charge is 0.241 e. The number of amides is 3. The monoisotopic (exact) mass is 636 g/mol. The number of hydrogen-bond acceptors (Lipinski definition) is 8. The molecule has 3 amide bonds. The van der Waals surface area contributed by atoms with Crippen LogP contribution in [0.3, 0.4) is 0 Å². The molecule has 0 aromatic carbocycles. The summed E-state index contributed by atoms with van der Waals surface area (Å²) in [5.74, 6) is -1.29. The molecule has 3 rings (SSSR count). The van der Waals surface area contributed by atoms with Crippen molar-refractivity contribution in [2.24, 2.45) is 17.8 Å². The van der Waals surface area contributed by atoms with Crippen molar-refractivity contribution in [1.29, 1.82) is 0 Å². The van der Waals surface area contributed by atoms with Crippen LogP contribution < -0.4 is 5.32 Å². The Balaban J connectivity index is 1.82. The lowest BCUT2D eigenvalue weighted by Crippen LogP contribution is -2.53. The van der Waals surface area contributed by atoms with Crippen molar-refractivity contribution in [2.45, 2.75) is 128 Å². The van der Waals surface area contributed by atoms with E-state index in [9.17, 15) is 29.7 Å². The standard InChI is InChI=1S/C33H56N4O6S/c1-23(2)15-28(38)31(41)27(16-24-11-7-5-8-12-24)35-32(42)25(17-26-20-44-22-34-26)18-29(39)37(19-30(40)36(3)4)21-33(43)13-9-6-10-14-33/h20,22-25,27-28,31,38,41,43H,5-19,21H2,1-4H3,(H,35,42)/t25-,27+,28+,31-/m1/s1. The summed E-state index contributed by atoms with van der Waals surface area (Å²) in [5, 5.41) is 38.3. The van der Waals surface area contributed by atoms with Crippen LogP contribution in [0.4, 0.5) is 0 Å². The van der Waals surface area contributed by atoms with Crippen LogP contribution in [-0.4, -0.2) is 98.9 Å². The Kier molecular flexibility index (Phi) is 14.5. The molecule has 0 spiro atoms. The molecule has 2 aliphatic carbocycles. The van der Waals surface area contributed by atoms with Crippen LogP contribution in [0.25, 0.3) is 0 Å². The van der Waals surface area contributed by atoms with Crippen molar-refractivity contribution < 1.29 is 29.7 Å². The zero-order valence-corrected chi connectivity index (χ0v) is 28.1. The summed E-state index contributed by atoms with van der Waals surface area (Å²) in [7, 11) is 3.26. The van der Waals surface area contributed by atoms with Gasteiger partial charge in [-0.25, -0.2) is 4.98 Å². The Hall–Kier alpha value is -2.08. The number of aromatic nitrogens is 1. The van der Waals surface area contributed by atoms with Gasteiger partial charge >= 0.3 is 0 Å². The Morgan fingerprint density at radius 3 is 2.30 bits per heavy atom. The van der Waals surface area contributed by atoms with Gasteiger partial charge in [0.05, 0.1) is 41.4 Å². The second-order valence-corrected chi connectivity index (χ2v) is 14.7. The molecule has 1 aromatic heterocycles. The van der Waals surface area contributed by atoms with Gasteiger partial charge in [-0.3, -0.25) is 14.4 Å². The van der Waals surface area contributed by atoms with Gasteiger partial charge in [0, 0.05) is 38.9 Å². The maximum atomic E-state index is 14.0. The lowest BCUT2D eigenvalue weighted by Gasteiger charge is -2.37. The molecule has 0 bridgehead atoms. The van der Waals surface area contributed by atoms with E-state index in [0.29, 0.717) is 37.3 Å². The van der Waals surface area contributed by atoms with Crippen LogP contribution in [0.2, 0.25) is 0 Å². The number of carbonyl (C=O) groups excluding carboxylic acids is 3. The molecule has 0 aliphatic heterocycles. The van der Waals surface area contributed by atoms with E-state index in [1.807, 2.05) is 19.2 Å². The van der Waals surface area contributed by atoms with Crippen LogP contribution in [0.15, 0.2) is 10.9 Å². The molecule has 250 valence electrons. The lowest BCUT2D eigenvalue weighted by molar-refractivity contribution is -0.145. The third-order valence-electron chi connectivity index (χ3n) is 9.34. The molecule has 1 heterocycles.